The van der Waals surface area contributed by atoms with Crippen LogP contribution in [0.25, 0.3) is 10.2 Å². The molecule has 0 unspecified atom stereocenters. The third-order valence-corrected chi connectivity index (χ3v) is 6.09. The molecule has 0 saturated heterocycles. The highest BCUT2D eigenvalue weighted by Gasteiger charge is 2.30. The van der Waals surface area contributed by atoms with Crippen LogP contribution in [0.5, 0.6) is 0 Å². The zero-order valence-corrected chi connectivity index (χ0v) is 15.3. The number of hydrogen-bond acceptors (Lipinski definition) is 5. The molecule has 0 bridgehead atoms. The van der Waals surface area contributed by atoms with Crippen LogP contribution in [0.4, 0.5) is 29.3 Å². The van der Waals surface area contributed by atoms with Crippen LogP contribution >= 0.6 is 11.3 Å². The molecule has 0 fully saturated rings. The standard InChI is InChI=1S/C16H12F3N3O3S2/c1-27(24,25)15-22-12-6-5-11(8-13(12)26-15)21-14(23)20-10-4-2-3-9(7-10)16(17,18)19/h2-8H,1H3,(H2,20,21,23). The highest BCUT2D eigenvalue weighted by Crippen LogP contribution is 2.31. The monoisotopic (exact) mass is 415 g/mol. The van der Waals surface area contributed by atoms with Gasteiger partial charge in [0.2, 0.25) is 14.2 Å². The number of sulfone groups is 1. The van der Waals surface area contributed by atoms with E-state index in [2.05, 4.69) is 15.6 Å². The number of benzene rings is 2. The molecule has 0 saturated carbocycles. The summed E-state index contributed by atoms with van der Waals surface area (Å²) >= 11 is 0.958. The molecular weight excluding hydrogens is 403 g/mol. The van der Waals surface area contributed by atoms with Gasteiger partial charge in [-0.15, -0.1) is 11.3 Å². The summed E-state index contributed by atoms with van der Waals surface area (Å²) in [6.07, 6.45) is -3.46. The predicted molar refractivity (Wildman–Crippen MR) is 96.8 cm³/mol. The number of amides is 2. The summed E-state index contributed by atoms with van der Waals surface area (Å²) in [5, 5.41) is 4.81. The van der Waals surface area contributed by atoms with E-state index in [1.54, 1.807) is 6.07 Å². The Kier molecular flexibility index (Phi) is 4.82. The Labute approximate surface area is 156 Å². The first-order valence-electron chi connectivity index (χ1n) is 7.38. The zero-order chi connectivity index (χ0) is 19.8. The molecule has 0 aliphatic rings. The first-order chi connectivity index (χ1) is 12.5. The topological polar surface area (TPSA) is 88.2 Å². The molecule has 142 valence electrons. The van der Waals surface area contributed by atoms with Crippen molar-refractivity contribution in [3.05, 3.63) is 48.0 Å². The molecule has 6 nitrogen and oxygen atoms in total. The average Bonchev–Trinajstić information content (AvgIpc) is 2.98. The van der Waals surface area contributed by atoms with Crippen LogP contribution in [-0.2, 0) is 16.0 Å². The van der Waals surface area contributed by atoms with Gasteiger partial charge >= 0.3 is 12.2 Å². The number of thiazole rings is 1. The minimum absolute atomic E-state index is 0.0134. The fourth-order valence-electron chi connectivity index (χ4n) is 2.21. The lowest BCUT2D eigenvalue weighted by molar-refractivity contribution is -0.137. The Bertz CT molecular complexity index is 1120. The molecule has 1 aromatic heterocycles. The third-order valence-electron chi connectivity index (χ3n) is 3.39. The van der Waals surface area contributed by atoms with Crippen LogP contribution in [0.15, 0.2) is 46.8 Å². The smallest absolute Gasteiger partial charge is 0.308 e. The molecule has 3 rings (SSSR count). The second-order valence-electron chi connectivity index (χ2n) is 5.59. The first kappa shape index (κ1) is 19.1. The van der Waals surface area contributed by atoms with Crippen molar-refractivity contribution in [1.82, 2.24) is 4.98 Å². The normalized spacial score (nSPS) is 12.1. The van der Waals surface area contributed by atoms with Crippen LogP contribution in [0.1, 0.15) is 5.56 Å². The molecule has 2 N–H and O–H groups in total. The van der Waals surface area contributed by atoms with Gasteiger partial charge < -0.3 is 10.6 Å². The summed E-state index contributed by atoms with van der Waals surface area (Å²) in [4.78, 5) is 16.0. The van der Waals surface area contributed by atoms with Crippen molar-refractivity contribution in [2.75, 3.05) is 16.9 Å². The Morgan fingerprint density at radius 3 is 2.37 bits per heavy atom. The van der Waals surface area contributed by atoms with Crippen LogP contribution in [0.2, 0.25) is 0 Å². The molecule has 2 amide bonds. The van der Waals surface area contributed by atoms with Gasteiger partial charge in [-0.2, -0.15) is 13.2 Å². The number of nitrogens with zero attached hydrogens (tertiary/aromatic N) is 1. The minimum Gasteiger partial charge on any atom is -0.308 e. The lowest BCUT2D eigenvalue weighted by atomic mass is 10.2. The lowest BCUT2D eigenvalue weighted by Gasteiger charge is -2.10. The molecule has 3 aromatic rings. The Balaban J connectivity index is 1.76. The number of fused-ring (bicyclic) bond motifs is 1. The average molecular weight is 415 g/mol. The van der Waals surface area contributed by atoms with Gasteiger partial charge in [0, 0.05) is 17.6 Å². The van der Waals surface area contributed by atoms with Crippen molar-refractivity contribution in [2.45, 2.75) is 10.5 Å². The molecule has 0 aliphatic heterocycles. The van der Waals surface area contributed by atoms with Crippen molar-refractivity contribution in [3.63, 3.8) is 0 Å². The largest absolute Gasteiger partial charge is 0.416 e. The Hall–Kier alpha value is -2.66. The van der Waals surface area contributed by atoms with E-state index in [1.807, 2.05) is 0 Å². The molecule has 0 radical (unpaired) electrons. The van der Waals surface area contributed by atoms with Crippen molar-refractivity contribution in [2.24, 2.45) is 0 Å². The number of alkyl halides is 3. The molecule has 11 heteroatoms. The molecular formula is C16H12F3N3O3S2. The number of halogens is 3. The summed E-state index contributed by atoms with van der Waals surface area (Å²) in [6.45, 7) is 0. The van der Waals surface area contributed by atoms with Crippen molar-refractivity contribution < 1.29 is 26.4 Å². The van der Waals surface area contributed by atoms with Gasteiger partial charge in [-0.3, -0.25) is 0 Å². The highest BCUT2D eigenvalue weighted by atomic mass is 32.2. The van der Waals surface area contributed by atoms with Gasteiger partial charge in [0.1, 0.15) is 0 Å². The van der Waals surface area contributed by atoms with Crippen LogP contribution in [-0.4, -0.2) is 25.7 Å². The van der Waals surface area contributed by atoms with Crippen LogP contribution in [0.3, 0.4) is 0 Å². The van der Waals surface area contributed by atoms with E-state index in [0.717, 1.165) is 29.7 Å². The van der Waals surface area contributed by atoms with E-state index in [9.17, 15) is 26.4 Å². The number of carbonyl (C=O) groups excluding carboxylic acids is 1. The lowest BCUT2D eigenvalue weighted by Crippen LogP contribution is -2.19. The summed E-state index contributed by atoms with van der Waals surface area (Å²) in [5.41, 5.74) is -0.0832. The van der Waals surface area contributed by atoms with Gasteiger partial charge in [-0.25, -0.2) is 18.2 Å². The van der Waals surface area contributed by atoms with Gasteiger partial charge in [-0.1, -0.05) is 6.07 Å². The van der Waals surface area contributed by atoms with Crippen molar-refractivity contribution in [1.29, 1.82) is 0 Å². The Morgan fingerprint density at radius 2 is 1.74 bits per heavy atom. The SMILES string of the molecule is CS(=O)(=O)c1nc2ccc(NC(=O)Nc3cccc(C(F)(F)F)c3)cc2s1. The van der Waals surface area contributed by atoms with Crippen LogP contribution < -0.4 is 10.6 Å². The molecule has 0 spiro atoms. The van der Waals surface area contributed by atoms with Crippen LogP contribution in [0, 0.1) is 0 Å². The molecule has 1 heterocycles. The van der Waals surface area contributed by atoms with E-state index < -0.39 is 27.6 Å². The maximum atomic E-state index is 12.7. The second-order valence-corrected chi connectivity index (χ2v) is 8.81. The maximum absolute atomic E-state index is 12.7. The fraction of sp³-hybridized carbons (Fsp3) is 0.125. The maximum Gasteiger partial charge on any atom is 0.416 e. The number of urea groups is 1. The third kappa shape index (κ3) is 4.55. The van der Waals surface area contributed by atoms with Gasteiger partial charge in [0.25, 0.3) is 0 Å². The number of rotatable bonds is 3. The first-order valence-corrected chi connectivity index (χ1v) is 10.1. The summed E-state index contributed by atoms with van der Waals surface area (Å²) < 4.78 is 61.8. The van der Waals surface area contributed by atoms with E-state index in [1.165, 1.54) is 24.3 Å². The Morgan fingerprint density at radius 1 is 1.07 bits per heavy atom. The molecule has 0 atom stereocenters. The van der Waals surface area contributed by atoms with Crippen molar-refractivity contribution in [3.8, 4) is 0 Å². The highest BCUT2D eigenvalue weighted by molar-refractivity contribution is 7.92. The van der Waals surface area contributed by atoms with E-state index in [-0.39, 0.29) is 10.0 Å². The molecule has 2 aromatic carbocycles. The summed E-state index contributed by atoms with van der Waals surface area (Å²) in [6, 6.07) is 8.10. The fourth-order valence-corrected chi connectivity index (χ4v) is 4.08. The summed E-state index contributed by atoms with van der Waals surface area (Å²) in [5.74, 6) is 0. The quantitative estimate of drug-likeness (QED) is 0.665. The number of aromatic nitrogens is 1. The molecule has 0 aliphatic carbocycles. The summed E-state index contributed by atoms with van der Waals surface area (Å²) in [7, 11) is -3.44. The molecule has 27 heavy (non-hydrogen) atoms. The number of carbonyl (C=O) groups is 1. The van der Waals surface area contributed by atoms with Crippen molar-refractivity contribution >= 4 is 48.8 Å². The predicted octanol–water partition coefficient (Wildman–Crippen LogP) is 4.36. The number of nitrogens with one attached hydrogen (secondary N) is 2. The van der Waals surface area contributed by atoms with E-state index in [0.29, 0.717) is 15.9 Å². The second kappa shape index (κ2) is 6.82. The van der Waals surface area contributed by atoms with Gasteiger partial charge in [0.15, 0.2) is 0 Å². The number of anilines is 2. The zero-order valence-electron chi connectivity index (χ0n) is 13.7. The van der Waals surface area contributed by atoms with Gasteiger partial charge in [0.05, 0.1) is 15.8 Å². The number of hydrogen-bond donors (Lipinski definition) is 2. The van der Waals surface area contributed by atoms with Gasteiger partial charge in [-0.05, 0) is 36.4 Å². The minimum atomic E-state index is -4.51. The van der Waals surface area contributed by atoms with E-state index in [4.69, 9.17) is 0 Å². The van der Waals surface area contributed by atoms with E-state index >= 15 is 0 Å².